The van der Waals surface area contributed by atoms with E-state index in [1.54, 1.807) is 4.90 Å². The van der Waals surface area contributed by atoms with Crippen LogP contribution in [0.4, 0.5) is 10.5 Å². The summed E-state index contributed by atoms with van der Waals surface area (Å²) in [5.41, 5.74) is 4.20. The van der Waals surface area contributed by atoms with Gasteiger partial charge in [0.2, 0.25) is 0 Å². The molecule has 5 heteroatoms. The fourth-order valence-corrected chi connectivity index (χ4v) is 4.90. The van der Waals surface area contributed by atoms with Gasteiger partial charge in [0, 0.05) is 41.8 Å². The molecule has 2 unspecified atom stereocenters. The van der Waals surface area contributed by atoms with Crippen LogP contribution in [0.15, 0.2) is 16.6 Å². The number of amides is 1. The molecule has 1 fully saturated rings. The number of rotatable bonds is 0. The molecule has 0 bridgehead atoms. The molecule has 0 aromatic heterocycles. The van der Waals surface area contributed by atoms with E-state index in [2.05, 4.69) is 33.0 Å². The summed E-state index contributed by atoms with van der Waals surface area (Å²) in [4.78, 5) is 15.6. The average molecular weight is 351 g/mol. The molecule has 3 aliphatic heterocycles. The van der Waals surface area contributed by atoms with Gasteiger partial charge in [0.1, 0.15) is 0 Å². The Hall–Kier alpha value is -1.23. The van der Waals surface area contributed by atoms with Crippen LogP contribution in [0.5, 0.6) is 0 Å². The number of halogens is 1. The number of nitrogens with zero attached hydrogens (tertiary/aromatic N) is 2. The lowest BCUT2D eigenvalue weighted by Gasteiger charge is -2.33. The third-order valence-corrected chi connectivity index (χ3v) is 5.65. The maximum Gasteiger partial charge on any atom is 0.407 e. The topological polar surface area (TPSA) is 43.8 Å². The standard InChI is InChI=1S/C16H19BrN2O2/c17-11-7-10-3-1-6-19-14-4-2-5-18(16(20)21)9-13(14)12(8-11)15(10)19/h7-8,13-14H,1-6,9H2,(H,20,21). The van der Waals surface area contributed by atoms with Gasteiger partial charge in [0.05, 0.1) is 0 Å². The predicted octanol–water partition coefficient (Wildman–Crippen LogP) is 3.44. The van der Waals surface area contributed by atoms with Crippen LogP contribution in [0.25, 0.3) is 0 Å². The van der Waals surface area contributed by atoms with Crippen molar-refractivity contribution in [2.24, 2.45) is 0 Å². The van der Waals surface area contributed by atoms with Crippen molar-refractivity contribution in [1.82, 2.24) is 4.90 Å². The lowest BCUT2D eigenvalue weighted by molar-refractivity contribution is 0.145. The molecule has 1 aromatic carbocycles. The largest absolute Gasteiger partial charge is 0.465 e. The second kappa shape index (κ2) is 4.90. The molecule has 0 aliphatic carbocycles. The van der Waals surface area contributed by atoms with E-state index in [1.807, 2.05) is 0 Å². The average Bonchev–Trinajstić information content (AvgIpc) is 2.63. The Morgan fingerprint density at radius 1 is 1.29 bits per heavy atom. The van der Waals surface area contributed by atoms with Gasteiger partial charge in [-0.2, -0.15) is 0 Å². The van der Waals surface area contributed by atoms with Crippen molar-refractivity contribution in [2.45, 2.75) is 37.6 Å². The molecule has 0 saturated carbocycles. The number of hydrogen-bond donors (Lipinski definition) is 1. The van der Waals surface area contributed by atoms with E-state index in [0.717, 1.165) is 30.3 Å². The summed E-state index contributed by atoms with van der Waals surface area (Å²) in [6.07, 6.45) is 3.63. The van der Waals surface area contributed by atoms with Crippen LogP contribution in [0.1, 0.15) is 36.3 Å². The predicted molar refractivity (Wildman–Crippen MR) is 85.2 cm³/mol. The minimum Gasteiger partial charge on any atom is -0.465 e. The first-order valence-corrected chi connectivity index (χ1v) is 8.51. The Morgan fingerprint density at radius 3 is 2.95 bits per heavy atom. The van der Waals surface area contributed by atoms with Gasteiger partial charge in [0.25, 0.3) is 0 Å². The Morgan fingerprint density at radius 2 is 2.14 bits per heavy atom. The molecule has 3 aliphatic rings. The van der Waals surface area contributed by atoms with Crippen molar-refractivity contribution < 1.29 is 9.90 Å². The molecular weight excluding hydrogens is 332 g/mol. The van der Waals surface area contributed by atoms with E-state index in [0.29, 0.717) is 25.0 Å². The summed E-state index contributed by atoms with van der Waals surface area (Å²) in [5.74, 6) is 0.327. The highest BCUT2D eigenvalue weighted by atomic mass is 79.9. The van der Waals surface area contributed by atoms with Crippen molar-refractivity contribution in [3.8, 4) is 0 Å². The van der Waals surface area contributed by atoms with Crippen LogP contribution >= 0.6 is 15.9 Å². The molecule has 1 N–H and O–H groups in total. The minimum atomic E-state index is -0.777. The van der Waals surface area contributed by atoms with Crippen LogP contribution in [0.3, 0.4) is 0 Å². The zero-order chi connectivity index (χ0) is 14.6. The zero-order valence-corrected chi connectivity index (χ0v) is 13.5. The lowest BCUT2D eigenvalue weighted by atomic mass is 9.92. The summed E-state index contributed by atoms with van der Waals surface area (Å²) in [6, 6.07) is 4.94. The van der Waals surface area contributed by atoms with Crippen LogP contribution in [-0.2, 0) is 6.42 Å². The Kier molecular flexibility index (Phi) is 3.14. The van der Waals surface area contributed by atoms with Crippen molar-refractivity contribution in [3.63, 3.8) is 0 Å². The summed E-state index contributed by atoms with van der Waals surface area (Å²) in [7, 11) is 0. The molecule has 3 heterocycles. The molecule has 1 aromatic rings. The molecule has 4 rings (SSSR count). The maximum absolute atomic E-state index is 11.4. The van der Waals surface area contributed by atoms with Gasteiger partial charge in [0.15, 0.2) is 0 Å². The van der Waals surface area contributed by atoms with Gasteiger partial charge in [-0.3, -0.25) is 0 Å². The van der Waals surface area contributed by atoms with Crippen LogP contribution in [0, 0.1) is 0 Å². The third kappa shape index (κ3) is 2.05. The number of hydrogen-bond acceptors (Lipinski definition) is 2. The van der Waals surface area contributed by atoms with E-state index in [1.165, 1.54) is 23.2 Å². The number of carbonyl (C=O) groups is 1. The molecule has 0 spiro atoms. The van der Waals surface area contributed by atoms with E-state index in [-0.39, 0.29) is 0 Å². The molecule has 0 radical (unpaired) electrons. The molecule has 21 heavy (non-hydrogen) atoms. The Bertz CT molecular complexity index is 604. The van der Waals surface area contributed by atoms with Gasteiger partial charge in [-0.05, 0) is 48.9 Å². The second-order valence-electron chi connectivity index (χ2n) is 6.34. The monoisotopic (exact) mass is 350 g/mol. The highest BCUT2D eigenvalue weighted by Crippen LogP contribution is 2.49. The number of anilines is 1. The van der Waals surface area contributed by atoms with E-state index < -0.39 is 6.09 Å². The first-order chi connectivity index (χ1) is 10.1. The Labute approximate surface area is 132 Å². The SMILES string of the molecule is O=C(O)N1CCCC2C(C1)c1cc(Br)cc3c1N2CCC3. The van der Waals surface area contributed by atoms with Gasteiger partial charge in [-0.25, -0.2) is 4.79 Å². The smallest absolute Gasteiger partial charge is 0.407 e. The molecule has 112 valence electrons. The first-order valence-electron chi connectivity index (χ1n) is 7.72. The Balaban J connectivity index is 1.80. The molecule has 1 saturated heterocycles. The maximum atomic E-state index is 11.4. The summed E-state index contributed by atoms with van der Waals surface area (Å²) in [5, 5.41) is 9.38. The fraction of sp³-hybridized carbons (Fsp3) is 0.562. The van der Waals surface area contributed by atoms with E-state index in [4.69, 9.17) is 0 Å². The van der Waals surface area contributed by atoms with Gasteiger partial charge in [-0.1, -0.05) is 15.9 Å². The van der Waals surface area contributed by atoms with Crippen molar-refractivity contribution in [1.29, 1.82) is 0 Å². The molecule has 2 atom stereocenters. The number of benzene rings is 1. The minimum absolute atomic E-state index is 0.327. The molecule has 4 nitrogen and oxygen atoms in total. The highest BCUT2D eigenvalue weighted by Gasteiger charge is 2.43. The van der Waals surface area contributed by atoms with E-state index in [9.17, 15) is 9.90 Å². The van der Waals surface area contributed by atoms with Crippen molar-refractivity contribution in [3.05, 3.63) is 27.7 Å². The van der Waals surface area contributed by atoms with Gasteiger partial charge in [-0.15, -0.1) is 0 Å². The summed E-state index contributed by atoms with van der Waals surface area (Å²) in [6.45, 7) is 2.43. The first kappa shape index (κ1) is 13.4. The van der Waals surface area contributed by atoms with Crippen molar-refractivity contribution >= 4 is 27.7 Å². The number of aryl methyl sites for hydroxylation is 1. The van der Waals surface area contributed by atoms with Crippen LogP contribution in [-0.4, -0.2) is 41.8 Å². The highest BCUT2D eigenvalue weighted by molar-refractivity contribution is 9.10. The van der Waals surface area contributed by atoms with E-state index >= 15 is 0 Å². The van der Waals surface area contributed by atoms with Gasteiger partial charge < -0.3 is 14.9 Å². The normalized spacial score (nSPS) is 27.1. The zero-order valence-electron chi connectivity index (χ0n) is 11.9. The van der Waals surface area contributed by atoms with Gasteiger partial charge >= 0.3 is 6.09 Å². The number of likely N-dealkylation sites (tertiary alicyclic amines) is 1. The van der Waals surface area contributed by atoms with Crippen LogP contribution in [0.2, 0.25) is 0 Å². The second-order valence-corrected chi connectivity index (χ2v) is 7.26. The third-order valence-electron chi connectivity index (χ3n) is 5.20. The lowest BCUT2D eigenvalue weighted by Crippen LogP contribution is -2.39. The van der Waals surface area contributed by atoms with Crippen LogP contribution < -0.4 is 4.90 Å². The molecule has 1 amide bonds. The number of carboxylic acid groups (broad SMARTS) is 1. The fourth-order valence-electron chi connectivity index (χ4n) is 4.38. The quantitative estimate of drug-likeness (QED) is 0.779. The molecular formula is C16H19BrN2O2. The summed E-state index contributed by atoms with van der Waals surface area (Å²) < 4.78 is 1.13. The number of fused-ring (bicyclic) bond motifs is 3. The summed E-state index contributed by atoms with van der Waals surface area (Å²) >= 11 is 3.63. The van der Waals surface area contributed by atoms with Crippen molar-refractivity contribution in [2.75, 3.05) is 24.5 Å².